The maximum Gasteiger partial charge on any atom is 0.410 e. The minimum absolute atomic E-state index is 0.245. The molecule has 1 aliphatic rings. The third-order valence-electron chi connectivity index (χ3n) is 4.45. The largest absolute Gasteiger partial charge is 0.464 e. The Kier molecular flexibility index (Phi) is 5.43. The summed E-state index contributed by atoms with van der Waals surface area (Å²) in [6.45, 7) is 7.83. The number of carbonyl (C=O) groups excluding carboxylic acids is 1. The van der Waals surface area contributed by atoms with Crippen molar-refractivity contribution in [3.63, 3.8) is 0 Å². The van der Waals surface area contributed by atoms with E-state index in [9.17, 15) is 13.2 Å². The lowest BCUT2D eigenvalue weighted by molar-refractivity contribution is 0.0240. The van der Waals surface area contributed by atoms with E-state index < -0.39 is 15.4 Å². The van der Waals surface area contributed by atoms with Gasteiger partial charge in [-0.25, -0.2) is 13.2 Å². The highest BCUT2D eigenvalue weighted by atomic mass is 32.2. The van der Waals surface area contributed by atoms with Crippen LogP contribution in [0.1, 0.15) is 20.8 Å². The standard InChI is InChI=1S/C20H26N2O5S/c1-20(2,3)27-19(23)22-11-9-21(10-12-22)17-8-7-15(28(4,24)25)14-16(17)18-6-5-13-26-18/h5-8,13-14H,9-12H2,1-4H3. The first-order chi connectivity index (χ1) is 13.0. The van der Waals surface area contributed by atoms with E-state index in [0.717, 1.165) is 11.3 Å². The molecule has 0 aliphatic carbocycles. The fourth-order valence-corrected chi connectivity index (χ4v) is 3.75. The molecule has 2 heterocycles. The highest BCUT2D eigenvalue weighted by molar-refractivity contribution is 7.90. The van der Waals surface area contributed by atoms with Gasteiger partial charge in [0.15, 0.2) is 9.84 Å². The fourth-order valence-electron chi connectivity index (χ4n) is 3.11. The molecule has 0 saturated carbocycles. The molecule has 1 aromatic carbocycles. The van der Waals surface area contributed by atoms with Crippen LogP contribution >= 0.6 is 0 Å². The lowest BCUT2D eigenvalue weighted by atomic mass is 10.1. The summed E-state index contributed by atoms with van der Waals surface area (Å²) in [7, 11) is -3.33. The minimum Gasteiger partial charge on any atom is -0.464 e. The van der Waals surface area contributed by atoms with Crippen molar-refractivity contribution in [2.24, 2.45) is 0 Å². The quantitative estimate of drug-likeness (QED) is 0.777. The number of hydrogen-bond donors (Lipinski definition) is 0. The summed E-state index contributed by atoms with van der Waals surface area (Å²) < 4.78 is 34.9. The van der Waals surface area contributed by atoms with Crippen molar-refractivity contribution >= 4 is 21.6 Å². The van der Waals surface area contributed by atoms with E-state index in [4.69, 9.17) is 9.15 Å². The van der Waals surface area contributed by atoms with E-state index in [1.165, 1.54) is 6.26 Å². The molecular weight excluding hydrogens is 380 g/mol. The molecular formula is C20H26N2O5S. The molecule has 0 atom stereocenters. The van der Waals surface area contributed by atoms with Gasteiger partial charge in [0.05, 0.1) is 11.2 Å². The number of amides is 1. The van der Waals surface area contributed by atoms with Crippen LogP contribution in [0.5, 0.6) is 0 Å². The summed E-state index contributed by atoms with van der Waals surface area (Å²) in [6, 6.07) is 8.63. The predicted octanol–water partition coefficient (Wildman–Crippen LogP) is 3.41. The number of anilines is 1. The lowest BCUT2D eigenvalue weighted by Gasteiger charge is -2.37. The topological polar surface area (TPSA) is 80.1 Å². The minimum atomic E-state index is -3.33. The summed E-state index contributed by atoms with van der Waals surface area (Å²) in [4.78, 5) is 16.3. The third-order valence-corrected chi connectivity index (χ3v) is 5.57. The number of ether oxygens (including phenoxy) is 1. The van der Waals surface area contributed by atoms with Gasteiger partial charge >= 0.3 is 6.09 Å². The Morgan fingerprint density at radius 2 is 1.79 bits per heavy atom. The molecule has 1 aliphatic heterocycles. The van der Waals surface area contributed by atoms with Crippen molar-refractivity contribution in [3.8, 4) is 11.3 Å². The van der Waals surface area contributed by atoms with Gasteiger partial charge in [-0.1, -0.05) is 0 Å². The molecule has 0 unspecified atom stereocenters. The Morgan fingerprint density at radius 3 is 2.32 bits per heavy atom. The number of piperazine rings is 1. The summed E-state index contributed by atoms with van der Waals surface area (Å²) in [5.41, 5.74) is 1.08. The molecule has 28 heavy (non-hydrogen) atoms. The van der Waals surface area contributed by atoms with Crippen molar-refractivity contribution < 1.29 is 22.4 Å². The molecule has 0 spiro atoms. The molecule has 1 amide bonds. The number of benzene rings is 1. The summed E-state index contributed by atoms with van der Waals surface area (Å²) in [5.74, 6) is 0.607. The van der Waals surface area contributed by atoms with Gasteiger partial charge in [-0.2, -0.15) is 0 Å². The number of rotatable bonds is 3. The smallest absolute Gasteiger partial charge is 0.410 e. The van der Waals surface area contributed by atoms with E-state index in [1.807, 2.05) is 26.8 Å². The number of sulfone groups is 1. The monoisotopic (exact) mass is 406 g/mol. The first-order valence-corrected chi connectivity index (χ1v) is 11.0. The van der Waals surface area contributed by atoms with E-state index in [2.05, 4.69) is 4.90 Å². The molecule has 0 N–H and O–H groups in total. The van der Waals surface area contributed by atoms with Crippen LogP contribution in [0.4, 0.5) is 10.5 Å². The van der Waals surface area contributed by atoms with Crippen molar-refractivity contribution in [2.45, 2.75) is 31.3 Å². The molecule has 0 radical (unpaired) electrons. The van der Waals surface area contributed by atoms with Gasteiger partial charge in [0.1, 0.15) is 11.4 Å². The first-order valence-electron chi connectivity index (χ1n) is 9.15. The summed E-state index contributed by atoms with van der Waals surface area (Å²) in [5, 5.41) is 0. The number of hydrogen-bond acceptors (Lipinski definition) is 6. The van der Waals surface area contributed by atoms with Crippen LogP contribution in [-0.2, 0) is 14.6 Å². The maximum atomic E-state index is 12.3. The third kappa shape index (κ3) is 4.67. The first kappa shape index (κ1) is 20.3. The van der Waals surface area contributed by atoms with Gasteiger partial charge in [-0.3, -0.25) is 0 Å². The van der Waals surface area contributed by atoms with Gasteiger partial charge in [-0.05, 0) is 51.1 Å². The Hall–Kier alpha value is -2.48. The molecule has 3 rings (SSSR count). The Bertz CT molecular complexity index is 937. The van der Waals surface area contributed by atoms with E-state index in [1.54, 1.807) is 35.4 Å². The van der Waals surface area contributed by atoms with Gasteiger partial charge < -0.3 is 19.0 Å². The SMILES string of the molecule is CC(C)(C)OC(=O)N1CCN(c2ccc(S(C)(=O)=O)cc2-c2ccco2)CC1. The van der Waals surface area contributed by atoms with Gasteiger partial charge in [0.2, 0.25) is 0 Å². The second kappa shape index (κ2) is 7.50. The second-order valence-corrected chi connectivity index (χ2v) is 9.90. The normalized spacial score (nSPS) is 15.6. The molecule has 8 heteroatoms. The van der Waals surface area contributed by atoms with Crippen LogP contribution in [0.25, 0.3) is 11.3 Å². The van der Waals surface area contributed by atoms with Crippen molar-refractivity contribution in [1.82, 2.24) is 4.90 Å². The van der Waals surface area contributed by atoms with Crippen LogP contribution in [0.3, 0.4) is 0 Å². The molecule has 2 aromatic rings. The lowest BCUT2D eigenvalue weighted by Crippen LogP contribution is -2.50. The van der Waals surface area contributed by atoms with Gasteiger partial charge in [-0.15, -0.1) is 0 Å². The van der Waals surface area contributed by atoms with Gasteiger partial charge in [0.25, 0.3) is 0 Å². The van der Waals surface area contributed by atoms with Crippen LogP contribution in [0.15, 0.2) is 45.9 Å². The zero-order valence-corrected chi connectivity index (χ0v) is 17.5. The average Bonchev–Trinajstić information content (AvgIpc) is 3.13. The van der Waals surface area contributed by atoms with E-state index in [0.29, 0.717) is 31.9 Å². The van der Waals surface area contributed by atoms with E-state index in [-0.39, 0.29) is 11.0 Å². The Morgan fingerprint density at radius 1 is 1.11 bits per heavy atom. The summed E-state index contributed by atoms with van der Waals surface area (Å²) >= 11 is 0. The predicted molar refractivity (Wildman–Crippen MR) is 107 cm³/mol. The van der Waals surface area contributed by atoms with Crippen molar-refractivity contribution in [3.05, 3.63) is 36.6 Å². The van der Waals surface area contributed by atoms with Crippen LogP contribution < -0.4 is 4.90 Å². The van der Waals surface area contributed by atoms with Crippen LogP contribution in [-0.4, -0.2) is 57.4 Å². The van der Waals surface area contributed by atoms with Crippen LogP contribution in [0, 0.1) is 0 Å². The van der Waals surface area contributed by atoms with Gasteiger partial charge in [0, 0.05) is 43.7 Å². The molecule has 1 saturated heterocycles. The molecule has 1 fully saturated rings. The number of furan rings is 1. The number of carbonyl (C=O) groups is 1. The molecule has 0 bridgehead atoms. The highest BCUT2D eigenvalue weighted by Crippen LogP contribution is 2.34. The van der Waals surface area contributed by atoms with Crippen molar-refractivity contribution in [2.75, 3.05) is 37.3 Å². The number of nitrogens with zero attached hydrogens (tertiary/aromatic N) is 2. The molecule has 152 valence electrons. The highest BCUT2D eigenvalue weighted by Gasteiger charge is 2.27. The molecule has 7 nitrogen and oxygen atoms in total. The molecule has 1 aromatic heterocycles. The fraction of sp³-hybridized carbons (Fsp3) is 0.450. The zero-order chi connectivity index (χ0) is 20.5. The van der Waals surface area contributed by atoms with Crippen LogP contribution in [0.2, 0.25) is 0 Å². The Labute approximate surface area is 165 Å². The van der Waals surface area contributed by atoms with Crippen molar-refractivity contribution in [1.29, 1.82) is 0 Å². The maximum absolute atomic E-state index is 12.3. The van der Waals surface area contributed by atoms with E-state index >= 15 is 0 Å². The zero-order valence-electron chi connectivity index (χ0n) is 16.6. The average molecular weight is 407 g/mol. The Balaban J connectivity index is 1.82. The summed E-state index contributed by atoms with van der Waals surface area (Å²) in [6.07, 6.45) is 2.44. The second-order valence-electron chi connectivity index (χ2n) is 7.88.